The highest BCUT2D eigenvalue weighted by Crippen LogP contribution is 2.25. The topological polar surface area (TPSA) is 58.4 Å². The molecule has 5 nitrogen and oxygen atoms in total. The number of aromatic nitrogens is 1. The molecule has 2 aromatic rings. The first-order chi connectivity index (χ1) is 9.78. The predicted octanol–water partition coefficient (Wildman–Crippen LogP) is 2.11. The molecule has 0 aromatic carbocycles. The monoisotopic (exact) mass is 291 g/mol. The molecule has 6 heteroatoms. The Morgan fingerprint density at radius 3 is 3.25 bits per heavy atom. The van der Waals surface area contributed by atoms with Crippen LogP contribution in [-0.2, 0) is 11.3 Å². The summed E-state index contributed by atoms with van der Waals surface area (Å²) in [4.78, 5) is 18.7. The molecule has 0 saturated carbocycles. The molecule has 1 fully saturated rings. The summed E-state index contributed by atoms with van der Waals surface area (Å²) in [6.45, 7) is 4.36. The van der Waals surface area contributed by atoms with Crippen molar-refractivity contribution in [3.63, 3.8) is 0 Å². The van der Waals surface area contributed by atoms with E-state index in [1.807, 2.05) is 13.0 Å². The van der Waals surface area contributed by atoms with Crippen LogP contribution in [0.3, 0.4) is 0 Å². The smallest absolute Gasteiger partial charge is 0.237 e. The standard InChI is InChI=1S/C14H17N3O2S/c1-2-12-13(18)15-4-5-17(12)7-11-9-20-14(16-11)10-3-6-19-8-10/h3,6,8-9,12H,2,4-5,7H2,1H3,(H,15,18). The zero-order chi connectivity index (χ0) is 13.9. The molecule has 1 aliphatic heterocycles. The average molecular weight is 291 g/mol. The van der Waals surface area contributed by atoms with Crippen molar-refractivity contribution in [1.29, 1.82) is 0 Å². The van der Waals surface area contributed by atoms with Crippen LogP contribution in [0.15, 0.2) is 28.4 Å². The van der Waals surface area contributed by atoms with Gasteiger partial charge < -0.3 is 9.73 Å². The van der Waals surface area contributed by atoms with Crippen LogP contribution in [0.4, 0.5) is 0 Å². The van der Waals surface area contributed by atoms with E-state index in [0.29, 0.717) is 6.54 Å². The van der Waals surface area contributed by atoms with Crippen molar-refractivity contribution >= 4 is 17.2 Å². The van der Waals surface area contributed by atoms with Gasteiger partial charge in [-0.2, -0.15) is 0 Å². The fourth-order valence-corrected chi connectivity index (χ4v) is 3.30. The van der Waals surface area contributed by atoms with Gasteiger partial charge >= 0.3 is 0 Å². The van der Waals surface area contributed by atoms with Crippen LogP contribution in [0.25, 0.3) is 10.6 Å². The second kappa shape index (κ2) is 5.76. The van der Waals surface area contributed by atoms with Gasteiger partial charge in [0.2, 0.25) is 5.91 Å². The Bertz CT molecular complexity index is 579. The van der Waals surface area contributed by atoms with Crippen LogP contribution in [0.1, 0.15) is 19.0 Å². The zero-order valence-corrected chi connectivity index (χ0v) is 12.2. The highest BCUT2D eigenvalue weighted by Gasteiger charge is 2.28. The zero-order valence-electron chi connectivity index (χ0n) is 11.3. The van der Waals surface area contributed by atoms with Gasteiger partial charge in [0.15, 0.2) is 0 Å². The van der Waals surface area contributed by atoms with Gasteiger partial charge in [-0.15, -0.1) is 11.3 Å². The Labute approximate surface area is 121 Å². The molecule has 3 rings (SSSR count). The maximum absolute atomic E-state index is 11.8. The van der Waals surface area contributed by atoms with Crippen LogP contribution in [0.2, 0.25) is 0 Å². The summed E-state index contributed by atoms with van der Waals surface area (Å²) in [6, 6.07) is 1.87. The first kappa shape index (κ1) is 13.3. The van der Waals surface area contributed by atoms with Gasteiger partial charge in [0.05, 0.1) is 18.0 Å². The number of hydrogen-bond acceptors (Lipinski definition) is 5. The van der Waals surface area contributed by atoms with Crippen LogP contribution >= 0.6 is 11.3 Å². The van der Waals surface area contributed by atoms with Crippen molar-refractivity contribution in [2.24, 2.45) is 0 Å². The van der Waals surface area contributed by atoms with Gasteiger partial charge in [-0.1, -0.05) is 6.92 Å². The lowest BCUT2D eigenvalue weighted by atomic mass is 10.1. The van der Waals surface area contributed by atoms with E-state index in [0.717, 1.165) is 35.8 Å². The lowest BCUT2D eigenvalue weighted by Gasteiger charge is -2.33. The third kappa shape index (κ3) is 2.62. The molecule has 3 heterocycles. The van der Waals surface area contributed by atoms with E-state index >= 15 is 0 Å². The summed E-state index contributed by atoms with van der Waals surface area (Å²) in [7, 11) is 0. The Morgan fingerprint density at radius 2 is 2.50 bits per heavy atom. The number of furan rings is 1. The number of nitrogens with zero attached hydrogens (tertiary/aromatic N) is 2. The molecular formula is C14H17N3O2S. The Balaban J connectivity index is 1.72. The number of carbonyl (C=O) groups is 1. The van der Waals surface area contributed by atoms with E-state index in [2.05, 4.69) is 20.6 Å². The third-order valence-corrected chi connectivity index (χ3v) is 4.45. The molecule has 1 atom stereocenters. The van der Waals surface area contributed by atoms with Gasteiger partial charge in [-0.3, -0.25) is 9.69 Å². The van der Waals surface area contributed by atoms with Crippen LogP contribution in [0.5, 0.6) is 0 Å². The number of hydrogen-bond donors (Lipinski definition) is 1. The van der Waals surface area contributed by atoms with Crippen LogP contribution in [-0.4, -0.2) is 34.9 Å². The van der Waals surface area contributed by atoms with Crippen LogP contribution in [0, 0.1) is 0 Å². The lowest BCUT2D eigenvalue weighted by molar-refractivity contribution is -0.129. The number of carbonyl (C=O) groups excluding carboxylic acids is 1. The number of piperazine rings is 1. The molecule has 106 valence electrons. The average Bonchev–Trinajstić information content (AvgIpc) is 3.09. The molecule has 0 aliphatic carbocycles. The molecule has 20 heavy (non-hydrogen) atoms. The molecule has 0 radical (unpaired) electrons. The van der Waals surface area contributed by atoms with Gasteiger partial charge in [-0.05, 0) is 12.5 Å². The fourth-order valence-electron chi connectivity index (χ4n) is 2.50. The minimum absolute atomic E-state index is 0.0391. The summed E-state index contributed by atoms with van der Waals surface area (Å²) in [5, 5.41) is 5.93. The maximum Gasteiger partial charge on any atom is 0.237 e. The summed E-state index contributed by atoms with van der Waals surface area (Å²) in [6.07, 6.45) is 4.18. The number of thiazole rings is 1. The molecule has 0 spiro atoms. The molecule has 1 aliphatic rings. The van der Waals surface area contributed by atoms with E-state index < -0.39 is 0 Å². The molecule has 1 saturated heterocycles. The minimum atomic E-state index is -0.0391. The van der Waals surface area contributed by atoms with E-state index in [-0.39, 0.29) is 11.9 Å². The van der Waals surface area contributed by atoms with Crippen molar-refractivity contribution in [2.75, 3.05) is 13.1 Å². The normalized spacial score (nSPS) is 20.1. The lowest BCUT2D eigenvalue weighted by Crippen LogP contribution is -2.54. The second-order valence-electron chi connectivity index (χ2n) is 4.84. The first-order valence-electron chi connectivity index (χ1n) is 6.76. The Kier molecular flexibility index (Phi) is 3.84. The molecule has 1 N–H and O–H groups in total. The van der Waals surface area contributed by atoms with E-state index in [1.54, 1.807) is 23.9 Å². The second-order valence-corrected chi connectivity index (χ2v) is 5.70. The molecular weight excluding hydrogens is 274 g/mol. The van der Waals surface area contributed by atoms with Crippen LogP contribution < -0.4 is 5.32 Å². The van der Waals surface area contributed by atoms with E-state index in [1.165, 1.54) is 0 Å². The van der Waals surface area contributed by atoms with Gasteiger partial charge in [0.25, 0.3) is 0 Å². The Morgan fingerprint density at radius 1 is 1.60 bits per heavy atom. The quantitative estimate of drug-likeness (QED) is 0.937. The number of rotatable bonds is 4. The van der Waals surface area contributed by atoms with Gasteiger partial charge in [-0.25, -0.2) is 4.98 Å². The summed E-state index contributed by atoms with van der Waals surface area (Å²) < 4.78 is 5.08. The highest BCUT2D eigenvalue weighted by molar-refractivity contribution is 7.13. The Hall–Kier alpha value is -1.66. The van der Waals surface area contributed by atoms with Crippen molar-refractivity contribution in [3.8, 4) is 10.6 Å². The number of amides is 1. The first-order valence-corrected chi connectivity index (χ1v) is 7.64. The van der Waals surface area contributed by atoms with Crippen molar-refractivity contribution in [3.05, 3.63) is 29.7 Å². The number of nitrogens with one attached hydrogen (secondary N) is 1. The predicted molar refractivity (Wildman–Crippen MR) is 77.3 cm³/mol. The molecule has 2 aromatic heterocycles. The van der Waals surface area contributed by atoms with Gasteiger partial charge in [0.1, 0.15) is 11.3 Å². The largest absolute Gasteiger partial charge is 0.472 e. The SMILES string of the molecule is CCC1C(=O)NCCN1Cc1csc(-c2ccoc2)n1. The molecule has 1 unspecified atom stereocenters. The summed E-state index contributed by atoms with van der Waals surface area (Å²) in [5.74, 6) is 0.129. The summed E-state index contributed by atoms with van der Waals surface area (Å²) >= 11 is 1.61. The van der Waals surface area contributed by atoms with Crippen molar-refractivity contribution in [2.45, 2.75) is 25.9 Å². The highest BCUT2D eigenvalue weighted by atomic mass is 32.1. The molecule has 1 amide bonds. The van der Waals surface area contributed by atoms with Crippen molar-refractivity contribution in [1.82, 2.24) is 15.2 Å². The summed E-state index contributed by atoms with van der Waals surface area (Å²) in [5.41, 5.74) is 2.02. The maximum atomic E-state index is 11.8. The fraction of sp³-hybridized carbons (Fsp3) is 0.429. The van der Waals surface area contributed by atoms with E-state index in [4.69, 9.17) is 4.42 Å². The van der Waals surface area contributed by atoms with Gasteiger partial charge in [0, 0.05) is 30.6 Å². The van der Waals surface area contributed by atoms with Crippen molar-refractivity contribution < 1.29 is 9.21 Å². The minimum Gasteiger partial charge on any atom is -0.472 e. The molecule has 0 bridgehead atoms. The van der Waals surface area contributed by atoms with E-state index in [9.17, 15) is 4.79 Å². The third-order valence-electron chi connectivity index (χ3n) is 3.51.